The van der Waals surface area contributed by atoms with E-state index >= 15 is 0 Å². The number of aliphatic hydroxyl groups is 1. The Kier molecular flexibility index (Phi) is 9.34. The van der Waals surface area contributed by atoms with E-state index < -0.39 is 18.3 Å². The number of carbonyl (C=O) groups excluding carboxylic acids is 2. The second-order valence-corrected chi connectivity index (χ2v) is 8.77. The van der Waals surface area contributed by atoms with Gasteiger partial charge in [-0.2, -0.15) is 0 Å². The molecule has 2 N–H and O–H groups in total. The van der Waals surface area contributed by atoms with E-state index in [-0.39, 0.29) is 48.4 Å². The molecule has 1 aromatic heterocycles. The lowest BCUT2D eigenvalue weighted by atomic mass is 10.0. The molecule has 0 saturated carbocycles. The number of aromatic nitrogens is 1. The maximum Gasteiger partial charge on any atom is 0.253 e. The minimum atomic E-state index is -0.514. The lowest BCUT2D eigenvalue weighted by molar-refractivity contribution is 0.0716. The number of hydrogen-bond acceptors (Lipinski definition) is 6. The van der Waals surface area contributed by atoms with Crippen molar-refractivity contribution < 1.29 is 24.2 Å². The van der Waals surface area contributed by atoms with Crippen LogP contribution in [0.25, 0.3) is 0 Å². The third-order valence-electron chi connectivity index (χ3n) is 6.02. The maximum atomic E-state index is 13.2. The molecule has 4 aromatic rings. The van der Waals surface area contributed by atoms with Crippen molar-refractivity contribution in [2.24, 2.45) is 0 Å². The SMILES string of the molecule is C[C@H](NC(=O)c1cnc(C(=O)COCc2ccccc2)c(OCc2ccccc2)c1CO)c1ccccc1. The first-order valence-corrected chi connectivity index (χ1v) is 12.4. The number of ketones is 1. The van der Waals surface area contributed by atoms with Crippen molar-refractivity contribution in [1.29, 1.82) is 0 Å². The van der Waals surface area contributed by atoms with Crippen LogP contribution in [-0.2, 0) is 24.6 Å². The molecule has 3 aromatic carbocycles. The van der Waals surface area contributed by atoms with Crippen LogP contribution in [0.2, 0.25) is 0 Å². The number of pyridine rings is 1. The molecule has 0 saturated heterocycles. The van der Waals surface area contributed by atoms with Crippen LogP contribution >= 0.6 is 0 Å². The molecule has 1 amide bonds. The highest BCUT2D eigenvalue weighted by atomic mass is 16.5. The first-order chi connectivity index (χ1) is 18.6. The summed E-state index contributed by atoms with van der Waals surface area (Å²) < 4.78 is 11.7. The minimum Gasteiger partial charge on any atom is -0.486 e. The predicted octanol–water partition coefficient (Wildman–Crippen LogP) is 5.04. The van der Waals surface area contributed by atoms with E-state index in [4.69, 9.17) is 9.47 Å². The van der Waals surface area contributed by atoms with Gasteiger partial charge in [0.2, 0.25) is 5.78 Å². The fourth-order valence-electron chi connectivity index (χ4n) is 3.97. The Bertz CT molecular complexity index is 1350. The summed E-state index contributed by atoms with van der Waals surface area (Å²) in [6.07, 6.45) is 1.30. The Hall–Kier alpha value is -4.33. The Morgan fingerprint density at radius 2 is 1.45 bits per heavy atom. The average molecular weight is 511 g/mol. The summed E-state index contributed by atoms with van der Waals surface area (Å²) in [7, 11) is 0. The van der Waals surface area contributed by atoms with Crippen molar-refractivity contribution in [3.8, 4) is 5.75 Å². The Labute approximate surface area is 222 Å². The summed E-state index contributed by atoms with van der Waals surface area (Å²) in [6, 6.07) is 28.2. The number of aliphatic hydroxyl groups excluding tert-OH is 1. The third kappa shape index (κ3) is 6.91. The van der Waals surface area contributed by atoms with Gasteiger partial charge in [-0.05, 0) is 23.6 Å². The highest BCUT2D eigenvalue weighted by molar-refractivity contribution is 6.01. The Morgan fingerprint density at radius 3 is 2.05 bits per heavy atom. The second-order valence-electron chi connectivity index (χ2n) is 8.77. The highest BCUT2D eigenvalue weighted by Gasteiger charge is 2.25. The van der Waals surface area contributed by atoms with Crippen molar-refractivity contribution in [3.05, 3.63) is 131 Å². The van der Waals surface area contributed by atoms with Gasteiger partial charge in [-0.15, -0.1) is 0 Å². The largest absolute Gasteiger partial charge is 0.486 e. The number of hydrogen-bond donors (Lipinski definition) is 2. The van der Waals surface area contributed by atoms with Gasteiger partial charge in [-0.25, -0.2) is 4.98 Å². The van der Waals surface area contributed by atoms with Gasteiger partial charge in [-0.3, -0.25) is 9.59 Å². The lowest BCUT2D eigenvalue weighted by Gasteiger charge is -2.19. The molecule has 0 unspecified atom stereocenters. The number of benzene rings is 3. The number of carbonyl (C=O) groups is 2. The van der Waals surface area contributed by atoms with E-state index in [0.29, 0.717) is 0 Å². The van der Waals surface area contributed by atoms with E-state index in [1.165, 1.54) is 6.20 Å². The molecule has 1 atom stereocenters. The van der Waals surface area contributed by atoms with Crippen LogP contribution in [0.4, 0.5) is 0 Å². The summed E-state index contributed by atoms with van der Waals surface area (Å²) in [5, 5.41) is 13.2. The third-order valence-corrected chi connectivity index (χ3v) is 6.02. The molecule has 0 fully saturated rings. The Morgan fingerprint density at radius 1 is 0.868 bits per heavy atom. The fourth-order valence-corrected chi connectivity index (χ4v) is 3.97. The number of ether oxygens (including phenoxy) is 2. The summed E-state index contributed by atoms with van der Waals surface area (Å²) in [6.45, 7) is 1.52. The van der Waals surface area contributed by atoms with Crippen LogP contribution in [0.1, 0.15) is 56.1 Å². The lowest BCUT2D eigenvalue weighted by Crippen LogP contribution is -2.28. The predicted molar refractivity (Wildman–Crippen MR) is 144 cm³/mol. The highest BCUT2D eigenvalue weighted by Crippen LogP contribution is 2.28. The number of rotatable bonds is 12. The number of Topliss-reactive ketones (excluding diaryl/α,β-unsaturated/α-hetero) is 1. The molecule has 0 aliphatic heterocycles. The van der Waals surface area contributed by atoms with Crippen molar-refractivity contribution >= 4 is 11.7 Å². The molecule has 0 aliphatic rings. The summed E-state index contributed by atoms with van der Waals surface area (Å²) in [5.41, 5.74) is 3.07. The van der Waals surface area contributed by atoms with E-state index in [0.717, 1.165) is 16.7 Å². The zero-order valence-electron chi connectivity index (χ0n) is 21.2. The second kappa shape index (κ2) is 13.3. The van der Waals surface area contributed by atoms with Crippen LogP contribution in [0.5, 0.6) is 5.75 Å². The van der Waals surface area contributed by atoms with Crippen LogP contribution in [0.15, 0.2) is 97.2 Å². The molecule has 0 spiro atoms. The summed E-state index contributed by atoms with van der Waals surface area (Å²) >= 11 is 0. The van der Waals surface area contributed by atoms with Gasteiger partial charge in [0.15, 0.2) is 11.4 Å². The van der Waals surface area contributed by atoms with Gasteiger partial charge in [0.05, 0.1) is 24.8 Å². The summed E-state index contributed by atoms with van der Waals surface area (Å²) in [4.78, 5) is 30.6. The van der Waals surface area contributed by atoms with E-state index in [1.807, 2.05) is 97.9 Å². The molecule has 4 rings (SSSR count). The quantitative estimate of drug-likeness (QED) is 0.259. The molecule has 0 radical (unpaired) electrons. The molecule has 1 heterocycles. The number of nitrogens with one attached hydrogen (secondary N) is 1. The molecular formula is C31H30N2O5. The molecule has 7 heteroatoms. The molecule has 0 aliphatic carbocycles. The fraction of sp³-hybridized carbons (Fsp3) is 0.194. The molecule has 0 bridgehead atoms. The van der Waals surface area contributed by atoms with Crippen LogP contribution in [-0.4, -0.2) is 28.4 Å². The van der Waals surface area contributed by atoms with Crippen molar-refractivity contribution in [3.63, 3.8) is 0 Å². The first-order valence-electron chi connectivity index (χ1n) is 12.4. The zero-order valence-corrected chi connectivity index (χ0v) is 21.2. The smallest absolute Gasteiger partial charge is 0.253 e. The van der Waals surface area contributed by atoms with Crippen molar-refractivity contribution in [2.75, 3.05) is 6.61 Å². The first kappa shape index (κ1) is 26.7. The van der Waals surface area contributed by atoms with Gasteiger partial charge >= 0.3 is 0 Å². The van der Waals surface area contributed by atoms with Crippen LogP contribution in [0, 0.1) is 0 Å². The van der Waals surface area contributed by atoms with Crippen molar-refractivity contribution in [2.45, 2.75) is 32.8 Å². The van der Waals surface area contributed by atoms with Crippen molar-refractivity contribution in [1.82, 2.24) is 10.3 Å². The molecule has 194 valence electrons. The van der Waals surface area contributed by atoms with Gasteiger partial charge in [0.1, 0.15) is 13.2 Å². The maximum absolute atomic E-state index is 13.2. The summed E-state index contributed by atoms with van der Waals surface area (Å²) in [5.74, 6) is -0.769. The molecule has 38 heavy (non-hydrogen) atoms. The zero-order chi connectivity index (χ0) is 26.7. The Balaban J connectivity index is 1.58. The van der Waals surface area contributed by atoms with Gasteiger partial charge < -0.3 is 19.9 Å². The molecular weight excluding hydrogens is 480 g/mol. The van der Waals surface area contributed by atoms with Gasteiger partial charge in [0, 0.05) is 11.8 Å². The van der Waals surface area contributed by atoms with E-state index in [2.05, 4.69) is 10.3 Å². The van der Waals surface area contributed by atoms with E-state index in [9.17, 15) is 14.7 Å². The standard InChI is InChI=1S/C31H30N2O5/c1-22(25-15-9-4-10-16-25)33-31(36)26-17-32-29(28(35)21-37-19-23-11-5-2-6-12-23)30(27(26)18-34)38-20-24-13-7-3-8-14-24/h2-17,22,34H,18-21H2,1H3,(H,33,36)/t22-/m0/s1. The van der Waals surface area contributed by atoms with Gasteiger partial charge in [-0.1, -0.05) is 91.0 Å². The van der Waals surface area contributed by atoms with Crippen LogP contribution in [0.3, 0.4) is 0 Å². The van der Waals surface area contributed by atoms with Gasteiger partial charge in [0.25, 0.3) is 5.91 Å². The number of nitrogens with zero attached hydrogens (tertiary/aromatic N) is 1. The topological polar surface area (TPSA) is 97.8 Å². The monoisotopic (exact) mass is 510 g/mol. The number of amides is 1. The minimum absolute atomic E-state index is 0.00528. The average Bonchev–Trinajstić information content (AvgIpc) is 2.96. The normalized spacial score (nSPS) is 11.5. The van der Waals surface area contributed by atoms with Crippen LogP contribution < -0.4 is 10.1 Å². The molecule has 7 nitrogen and oxygen atoms in total. The van der Waals surface area contributed by atoms with E-state index in [1.54, 1.807) is 0 Å².